The molecule has 0 bridgehead atoms. The first-order valence-electron chi connectivity index (χ1n) is 4.83. The average Bonchev–Trinajstić information content (AvgIpc) is 2.16. The normalized spacial score (nSPS) is 10.3. The quantitative estimate of drug-likeness (QED) is 0.804. The highest BCUT2D eigenvalue weighted by atomic mass is 35.5. The lowest BCUT2D eigenvalue weighted by Crippen LogP contribution is -1.99. The maximum Gasteiger partial charge on any atom is 0.127 e. The molecule has 2 N–H and O–H groups in total. The van der Waals surface area contributed by atoms with Gasteiger partial charge in [0.05, 0.1) is 5.52 Å². The van der Waals surface area contributed by atoms with E-state index in [0.29, 0.717) is 11.7 Å². The Morgan fingerprint density at radius 3 is 2.53 bits per heavy atom. The number of aromatic nitrogens is 1. The summed E-state index contributed by atoms with van der Waals surface area (Å²) in [7, 11) is 0. The topological polar surface area (TPSA) is 38.9 Å². The molecule has 80 valence electrons. The highest BCUT2D eigenvalue weighted by Crippen LogP contribution is 2.24. The Kier molecular flexibility index (Phi) is 3.53. The fraction of sp³-hybridized carbons (Fsp3) is 0.250. The first-order chi connectivity index (χ1) is 6.68. The van der Waals surface area contributed by atoms with E-state index in [-0.39, 0.29) is 12.4 Å². The number of pyridine rings is 1. The number of hydrogen-bond acceptors (Lipinski definition) is 2. The van der Waals surface area contributed by atoms with Crippen LogP contribution in [0.1, 0.15) is 25.3 Å². The van der Waals surface area contributed by atoms with Crippen LogP contribution in [0.5, 0.6) is 0 Å². The third-order valence-corrected chi connectivity index (χ3v) is 2.41. The largest absolute Gasteiger partial charge is 0.383 e. The molecule has 0 aliphatic rings. The highest BCUT2D eigenvalue weighted by Gasteiger charge is 2.06. The van der Waals surface area contributed by atoms with Crippen LogP contribution in [0.2, 0.25) is 0 Å². The summed E-state index contributed by atoms with van der Waals surface area (Å²) in [5.41, 5.74) is 7.97. The lowest BCUT2D eigenvalue weighted by atomic mass is 10.0. The molecule has 2 nitrogen and oxygen atoms in total. The monoisotopic (exact) mass is 222 g/mol. The summed E-state index contributed by atoms with van der Waals surface area (Å²) in [4.78, 5) is 4.37. The van der Waals surface area contributed by atoms with Crippen molar-refractivity contribution in [3.05, 3.63) is 35.9 Å². The summed E-state index contributed by atoms with van der Waals surface area (Å²) in [6, 6.07) is 10.2. The van der Waals surface area contributed by atoms with Gasteiger partial charge in [0, 0.05) is 5.39 Å². The smallest absolute Gasteiger partial charge is 0.127 e. The summed E-state index contributed by atoms with van der Waals surface area (Å²) in [5, 5.41) is 1.16. The second kappa shape index (κ2) is 4.49. The minimum Gasteiger partial charge on any atom is -0.383 e. The van der Waals surface area contributed by atoms with Gasteiger partial charge in [-0.3, -0.25) is 0 Å². The molecule has 0 atom stereocenters. The molecule has 0 saturated heterocycles. The molecule has 15 heavy (non-hydrogen) atoms. The predicted octanol–water partition coefficient (Wildman–Crippen LogP) is 3.36. The van der Waals surface area contributed by atoms with Crippen LogP contribution in [0.4, 0.5) is 5.82 Å². The molecular formula is C12H15ClN2. The summed E-state index contributed by atoms with van der Waals surface area (Å²) < 4.78 is 0. The Bertz CT molecular complexity index is 466. The number of rotatable bonds is 1. The van der Waals surface area contributed by atoms with E-state index < -0.39 is 0 Å². The van der Waals surface area contributed by atoms with Gasteiger partial charge in [-0.1, -0.05) is 32.0 Å². The molecular weight excluding hydrogens is 208 g/mol. The number of fused-ring (bicyclic) bond motifs is 1. The van der Waals surface area contributed by atoms with E-state index in [9.17, 15) is 0 Å². The summed E-state index contributed by atoms with van der Waals surface area (Å²) in [6.45, 7) is 4.25. The van der Waals surface area contributed by atoms with E-state index in [0.717, 1.165) is 16.5 Å². The fourth-order valence-corrected chi connectivity index (χ4v) is 1.61. The van der Waals surface area contributed by atoms with E-state index in [1.165, 1.54) is 0 Å². The Morgan fingerprint density at radius 2 is 1.87 bits per heavy atom. The average molecular weight is 223 g/mol. The number of hydrogen-bond donors (Lipinski definition) is 1. The standard InChI is InChI=1S/C12H14N2.ClH/c1-8(2)10-7-9-5-3-4-6-11(9)14-12(10)13;/h3-8H,1-2H3,(H2,13,14);1H. The Balaban J connectivity index is 0.00000112. The number of halogens is 1. The van der Waals surface area contributed by atoms with Gasteiger partial charge in [0.25, 0.3) is 0 Å². The van der Waals surface area contributed by atoms with Gasteiger partial charge in [0.15, 0.2) is 0 Å². The number of nitrogen functional groups attached to an aromatic ring is 1. The Morgan fingerprint density at radius 1 is 1.20 bits per heavy atom. The van der Waals surface area contributed by atoms with Crippen molar-refractivity contribution in [2.24, 2.45) is 0 Å². The van der Waals surface area contributed by atoms with E-state index >= 15 is 0 Å². The Labute approximate surface area is 95.9 Å². The number of nitrogens with two attached hydrogens (primary N) is 1. The lowest BCUT2D eigenvalue weighted by molar-refractivity contribution is 0.866. The van der Waals surface area contributed by atoms with Gasteiger partial charge in [0.2, 0.25) is 0 Å². The van der Waals surface area contributed by atoms with Crippen LogP contribution >= 0.6 is 12.4 Å². The van der Waals surface area contributed by atoms with Gasteiger partial charge in [-0.15, -0.1) is 12.4 Å². The molecule has 0 aliphatic carbocycles. The molecule has 2 rings (SSSR count). The SMILES string of the molecule is CC(C)c1cc2ccccc2nc1N.Cl. The number of anilines is 1. The summed E-state index contributed by atoms with van der Waals surface area (Å²) in [6.07, 6.45) is 0. The maximum atomic E-state index is 5.88. The number of para-hydroxylation sites is 1. The second-order valence-electron chi connectivity index (χ2n) is 3.81. The van der Waals surface area contributed by atoms with Gasteiger partial charge < -0.3 is 5.73 Å². The minimum atomic E-state index is 0. The van der Waals surface area contributed by atoms with Crippen molar-refractivity contribution in [2.75, 3.05) is 5.73 Å². The van der Waals surface area contributed by atoms with E-state index in [2.05, 4.69) is 31.0 Å². The summed E-state index contributed by atoms with van der Waals surface area (Å²) in [5.74, 6) is 1.07. The van der Waals surface area contributed by atoms with Crippen LogP contribution in [-0.4, -0.2) is 4.98 Å². The molecule has 1 aromatic heterocycles. The third kappa shape index (κ3) is 2.21. The van der Waals surface area contributed by atoms with Crippen molar-refractivity contribution >= 4 is 29.1 Å². The van der Waals surface area contributed by atoms with Crippen molar-refractivity contribution in [1.82, 2.24) is 4.98 Å². The van der Waals surface area contributed by atoms with Crippen molar-refractivity contribution in [2.45, 2.75) is 19.8 Å². The molecule has 0 radical (unpaired) electrons. The van der Waals surface area contributed by atoms with Crippen molar-refractivity contribution in [1.29, 1.82) is 0 Å². The van der Waals surface area contributed by atoms with Gasteiger partial charge >= 0.3 is 0 Å². The summed E-state index contributed by atoms with van der Waals surface area (Å²) >= 11 is 0. The lowest BCUT2D eigenvalue weighted by Gasteiger charge is -2.09. The van der Waals surface area contributed by atoms with Crippen LogP contribution in [0.25, 0.3) is 10.9 Å². The predicted molar refractivity (Wildman–Crippen MR) is 67.5 cm³/mol. The fourth-order valence-electron chi connectivity index (χ4n) is 1.61. The second-order valence-corrected chi connectivity index (χ2v) is 3.81. The highest BCUT2D eigenvalue weighted by molar-refractivity contribution is 5.85. The van der Waals surface area contributed by atoms with Gasteiger partial charge in [-0.05, 0) is 23.6 Å². The van der Waals surface area contributed by atoms with Crippen molar-refractivity contribution < 1.29 is 0 Å². The van der Waals surface area contributed by atoms with E-state index in [1.807, 2.05) is 18.2 Å². The maximum absolute atomic E-state index is 5.88. The van der Waals surface area contributed by atoms with Crippen molar-refractivity contribution in [3.63, 3.8) is 0 Å². The van der Waals surface area contributed by atoms with Crippen LogP contribution in [0.15, 0.2) is 30.3 Å². The molecule has 1 aromatic carbocycles. The zero-order chi connectivity index (χ0) is 10.1. The molecule has 0 aliphatic heterocycles. The molecule has 1 heterocycles. The van der Waals surface area contributed by atoms with E-state index in [4.69, 9.17) is 5.73 Å². The van der Waals surface area contributed by atoms with Crippen molar-refractivity contribution in [3.8, 4) is 0 Å². The molecule has 0 unspecified atom stereocenters. The first-order valence-corrected chi connectivity index (χ1v) is 4.83. The van der Waals surface area contributed by atoms with Gasteiger partial charge in [0.1, 0.15) is 5.82 Å². The molecule has 0 fully saturated rings. The molecule has 0 spiro atoms. The van der Waals surface area contributed by atoms with Crippen LogP contribution in [-0.2, 0) is 0 Å². The third-order valence-electron chi connectivity index (χ3n) is 2.41. The molecule has 0 amide bonds. The number of nitrogens with zero attached hydrogens (tertiary/aromatic N) is 1. The zero-order valence-corrected chi connectivity index (χ0v) is 9.71. The zero-order valence-electron chi connectivity index (χ0n) is 8.90. The molecule has 2 aromatic rings. The molecule has 0 saturated carbocycles. The van der Waals surface area contributed by atoms with Gasteiger partial charge in [-0.2, -0.15) is 0 Å². The Hall–Kier alpha value is -1.28. The number of benzene rings is 1. The minimum absolute atomic E-state index is 0. The van der Waals surface area contributed by atoms with Crippen LogP contribution in [0, 0.1) is 0 Å². The van der Waals surface area contributed by atoms with E-state index in [1.54, 1.807) is 0 Å². The van der Waals surface area contributed by atoms with Crippen LogP contribution in [0.3, 0.4) is 0 Å². The van der Waals surface area contributed by atoms with Gasteiger partial charge in [-0.25, -0.2) is 4.98 Å². The first kappa shape index (κ1) is 11.8. The molecule has 3 heteroatoms. The van der Waals surface area contributed by atoms with Crippen LogP contribution < -0.4 is 5.73 Å².